The van der Waals surface area contributed by atoms with Gasteiger partial charge < -0.3 is 14.6 Å². The van der Waals surface area contributed by atoms with Crippen LogP contribution in [0.1, 0.15) is 0 Å². The van der Waals surface area contributed by atoms with E-state index in [2.05, 4.69) is 0 Å². The molecule has 1 N–H and O–H groups in total. The molecule has 2 aromatic rings. The zero-order chi connectivity index (χ0) is 9.54. The highest BCUT2D eigenvalue weighted by atomic mass is 16.7. The van der Waals surface area contributed by atoms with Crippen molar-refractivity contribution in [1.29, 1.82) is 0 Å². The molecule has 2 aromatic carbocycles. The molecule has 3 heteroatoms. The Morgan fingerprint density at radius 1 is 1.07 bits per heavy atom. The lowest BCUT2D eigenvalue weighted by Gasteiger charge is -2.02. The van der Waals surface area contributed by atoms with E-state index in [9.17, 15) is 5.11 Å². The van der Waals surface area contributed by atoms with Crippen LogP contribution in [0.4, 0.5) is 0 Å². The van der Waals surface area contributed by atoms with Crippen LogP contribution in [0.5, 0.6) is 17.2 Å². The van der Waals surface area contributed by atoms with Gasteiger partial charge in [0.1, 0.15) is 5.75 Å². The molecule has 0 bridgehead atoms. The van der Waals surface area contributed by atoms with Gasteiger partial charge >= 0.3 is 0 Å². The van der Waals surface area contributed by atoms with Crippen LogP contribution in [0.15, 0.2) is 30.3 Å². The number of rotatable bonds is 0. The van der Waals surface area contributed by atoms with Crippen molar-refractivity contribution in [3.05, 3.63) is 30.3 Å². The highest BCUT2D eigenvalue weighted by Crippen LogP contribution is 2.38. The van der Waals surface area contributed by atoms with Crippen LogP contribution in [0, 0.1) is 0 Å². The van der Waals surface area contributed by atoms with Crippen LogP contribution in [0.2, 0.25) is 0 Å². The van der Waals surface area contributed by atoms with E-state index < -0.39 is 0 Å². The Hall–Kier alpha value is -1.90. The summed E-state index contributed by atoms with van der Waals surface area (Å²) in [6.07, 6.45) is 0. The number of aromatic hydroxyl groups is 1. The number of benzene rings is 2. The van der Waals surface area contributed by atoms with Crippen molar-refractivity contribution in [3.63, 3.8) is 0 Å². The average Bonchev–Trinajstić information content (AvgIpc) is 2.62. The molecule has 1 aliphatic rings. The highest BCUT2D eigenvalue weighted by molar-refractivity contribution is 5.91. The molecule has 0 saturated carbocycles. The Bertz CT molecular complexity index is 505. The third-order valence-corrected chi connectivity index (χ3v) is 2.35. The predicted molar refractivity (Wildman–Crippen MR) is 51.7 cm³/mol. The summed E-state index contributed by atoms with van der Waals surface area (Å²) in [7, 11) is 0. The molecule has 0 fully saturated rings. The number of phenolic OH excluding ortho intramolecular Hbond substituents is 1. The van der Waals surface area contributed by atoms with Crippen molar-refractivity contribution in [2.75, 3.05) is 6.79 Å². The van der Waals surface area contributed by atoms with Crippen molar-refractivity contribution >= 4 is 10.8 Å². The van der Waals surface area contributed by atoms with Crippen molar-refractivity contribution < 1.29 is 14.6 Å². The fraction of sp³-hybridized carbons (Fsp3) is 0.0909. The molecule has 3 rings (SSSR count). The monoisotopic (exact) mass is 188 g/mol. The fourth-order valence-corrected chi connectivity index (χ4v) is 1.65. The van der Waals surface area contributed by atoms with Gasteiger partial charge in [-0.3, -0.25) is 0 Å². The molecule has 1 heterocycles. The van der Waals surface area contributed by atoms with Gasteiger partial charge in [0.05, 0.1) is 0 Å². The second-order valence-corrected chi connectivity index (χ2v) is 3.20. The van der Waals surface area contributed by atoms with Gasteiger partial charge in [0.15, 0.2) is 11.5 Å². The first-order valence-electron chi connectivity index (χ1n) is 4.36. The highest BCUT2D eigenvalue weighted by Gasteiger charge is 2.14. The number of fused-ring (bicyclic) bond motifs is 2. The smallest absolute Gasteiger partial charge is 0.231 e. The Morgan fingerprint density at radius 3 is 2.71 bits per heavy atom. The molecular formula is C11H8O3. The van der Waals surface area contributed by atoms with Crippen molar-refractivity contribution in [2.24, 2.45) is 0 Å². The van der Waals surface area contributed by atoms with Gasteiger partial charge in [0, 0.05) is 5.39 Å². The maximum Gasteiger partial charge on any atom is 0.231 e. The largest absolute Gasteiger partial charge is 0.507 e. The minimum absolute atomic E-state index is 0.256. The first-order chi connectivity index (χ1) is 6.84. The van der Waals surface area contributed by atoms with Crippen LogP contribution in [0.25, 0.3) is 10.8 Å². The Morgan fingerprint density at radius 2 is 1.86 bits per heavy atom. The SMILES string of the molecule is Oc1cccc2cc3c(cc12)OCO3. The summed E-state index contributed by atoms with van der Waals surface area (Å²) in [6.45, 7) is 0.256. The van der Waals surface area contributed by atoms with E-state index in [1.54, 1.807) is 18.2 Å². The van der Waals surface area contributed by atoms with Crippen LogP contribution in [0.3, 0.4) is 0 Å². The van der Waals surface area contributed by atoms with E-state index in [0.717, 1.165) is 16.5 Å². The number of hydrogen-bond donors (Lipinski definition) is 1. The Kier molecular flexibility index (Phi) is 1.36. The predicted octanol–water partition coefficient (Wildman–Crippen LogP) is 2.27. The topological polar surface area (TPSA) is 38.7 Å². The molecule has 0 radical (unpaired) electrons. The van der Waals surface area contributed by atoms with Crippen LogP contribution >= 0.6 is 0 Å². The van der Waals surface area contributed by atoms with Crippen LogP contribution < -0.4 is 9.47 Å². The summed E-state index contributed by atoms with van der Waals surface area (Å²) in [4.78, 5) is 0. The van der Waals surface area contributed by atoms with E-state index in [-0.39, 0.29) is 12.5 Å². The van der Waals surface area contributed by atoms with E-state index in [1.165, 1.54) is 0 Å². The molecule has 0 saturated heterocycles. The van der Waals surface area contributed by atoms with Gasteiger partial charge in [-0.25, -0.2) is 0 Å². The van der Waals surface area contributed by atoms with Crippen LogP contribution in [-0.2, 0) is 0 Å². The first kappa shape index (κ1) is 7.50. The molecule has 70 valence electrons. The summed E-state index contributed by atoms with van der Waals surface area (Å²) in [5.74, 6) is 1.70. The van der Waals surface area contributed by atoms with Gasteiger partial charge in [-0.2, -0.15) is 0 Å². The normalized spacial score (nSPS) is 13.4. The second kappa shape index (κ2) is 2.54. The summed E-state index contributed by atoms with van der Waals surface area (Å²) in [6, 6.07) is 9.06. The zero-order valence-electron chi connectivity index (χ0n) is 7.36. The minimum Gasteiger partial charge on any atom is -0.507 e. The molecule has 0 aliphatic carbocycles. The summed E-state index contributed by atoms with van der Waals surface area (Å²) in [5.41, 5.74) is 0. The quantitative estimate of drug-likeness (QED) is 0.689. The lowest BCUT2D eigenvalue weighted by molar-refractivity contribution is 0.174. The number of hydrogen-bond acceptors (Lipinski definition) is 3. The molecule has 0 amide bonds. The fourth-order valence-electron chi connectivity index (χ4n) is 1.65. The van der Waals surface area contributed by atoms with E-state index >= 15 is 0 Å². The van der Waals surface area contributed by atoms with Gasteiger partial charge in [-0.15, -0.1) is 0 Å². The molecule has 0 aromatic heterocycles. The van der Waals surface area contributed by atoms with E-state index in [0.29, 0.717) is 5.75 Å². The summed E-state index contributed by atoms with van der Waals surface area (Å²) < 4.78 is 10.5. The lowest BCUT2D eigenvalue weighted by atomic mass is 10.1. The minimum atomic E-state index is 0.256. The maximum absolute atomic E-state index is 9.61. The van der Waals surface area contributed by atoms with Gasteiger partial charge in [-0.05, 0) is 23.6 Å². The third kappa shape index (κ3) is 0.923. The van der Waals surface area contributed by atoms with Gasteiger partial charge in [0.25, 0.3) is 0 Å². The molecular weight excluding hydrogens is 180 g/mol. The standard InChI is InChI=1S/C11H8O3/c12-9-3-1-2-7-4-10-11(5-8(7)9)14-6-13-10/h1-5,12H,6H2. The van der Waals surface area contributed by atoms with Crippen molar-refractivity contribution in [3.8, 4) is 17.2 Å². The number of phenols is 1. The molecule has 0 atom stereocenters. The molecule has 1 aliphatic heterocycles. The average molecular weight is 188 g/mol. The summed E-state index contributed by atoms with van der Waals surface area (Å²) >= 11 is 0. The van der Waals surface area contributed by atoms with E-state index in [4.69, 9.17) is 9.47 Å². The number of ether oxygens (including phenoxy) is 2. The Labute approximate surface area is 80.5 Å². The van der Waals surface area contributed by atoms with Crippen molar-refractivity contribution in [2.45, 2.75) is 0 Å². The molecule has 0 unspecified atom stereocenters. The maximum atomic E-state index is 9.61. The Balaban J connectivity index is 2.39. The van der Waals surface area contributed by atoms with Gasteiger partial charge in [-0.1, -0.05) is 12.1 Å². The van der Waals surface area contributed by atoms with Crippen molar-refractivity contribution in [1.82, 2.24) is 0 Å². The third-order valence-electron chi connectivity index (χ3n) is 2.35. The zero-order valence-corrected chi connectivity index (χ0v) is 7.36. The second-order valence-electron chi connectivity index (χ2n) is 3.20. The summed E-state index contributed by atoms with van der Waals surface area (Å²) in [5, 5.41) is 11.3. The molecule has 14 heavy (non-hydrogen) atoms. The molecule has 3 nitrogen and oxygen atoms in total. The molecule has 0 spiro atoms. The van der Waals surface area contributed by atoms with Crippen LogP contribution in [-0.4, -0.2) is 11.9 Å². The lowest BCUT2D eigenvalue weighted by Crippen LogP contribution is -1.92. The van der Waals surface area contributed by atoms with E-state index in [1.807, 2.05) is 12.1 Å². The first-order valence-corrected chi connectivity index (χ1v) is 4.36. The van der Waals surface area contributed by atoms with Gasteiger partial charge in [0.2, 0.25) is 6.79 Å².